The summed E-state index contributed by atoms with van der Waals surface area (Å²) in [5.74, 6) is -0.219. The smallest absolute Gasteiger partial charge is 0.123 e. The van der Waals surface area contributed by atoms with Gasteiger partial charge in [-0.1, -0.05) is 30.3 Å². The Bertz CT molecular complexity index is 716. The minimum atomic E-state index is -0.219. The topological polar surface area (TPSA) is 41.8 Å². The van der Waals surface area contributed by atoms with Crippen LogP contribution in [0.2, 0.25) is 0 Å². The molecule has 0 amide bonds. The third-order valence-electron chi connectivity index (χ3n) is 3.35. The van der Waals surface area contributed by atoms with Crippen molar-refractivity contribution in [1.29, 1.82) is 0 Å². The summed E-state index contributed by atoms with van der Waals surface area (Å²) >= 11 is 0. The predicted molar refractivity (Wildman–Crippen MR) is 76.5 cm³/mol. The molecule has 3 N–H and O–H groups in total. The molecular formula is C16H15FN2. The van der Waals surface area contributed by atoms with Gasteiger partial charge in [0, 0.05) is 17.1 Å². The molecule has 3 aromatic rings. The molecule has 0 spiro atoms. The quantitative estimate of drug-likeness (QED) is 0.738. The van der Waals surface area contributed by atoms with E-state index in [1.165, 1.54) is 11.6 Å². The van der Waals surface area contributed by atoms with Crippen molar-refractivity contribution in [3.63, 3.8) is 0 Å². The Morgan fingerprint density at radius 1 is 1.11 bits per heavy atom. The fourth-order valence-corrected chi connectivity index (χ4v) is 2.47. The molecule has 0 bridgehead atoms. The number of aromatic amines is 1. The van der Waals surface area contributed by atoms with Crippen molar-refractivity contribution in [2.24, 2.45) is 5.73 Å². The maximum absolute atomic E-state index is 13.4. The number of fused-ring (bicyclic) bond motifs is 1. The van der Waals surface area contributed by atoms with E-state index in [0.29, 0.717) is 6.54 Å². The molecule has 0 saturated carbocycles. The molecule has 3 heteroatoms. The number of hydrogen-bond acceptors (Lipinski definition) is 1. The van der Waals surface area contributed by atoms with Crippen molar-refractivity contribution in [2.75, 3.05) is 6.54 Å². The third kappa shape index (κ3) is 2.13. The molecule has 0 radical (unpaired) electrons. The van der Waals surface area contributed by atoms with Gasteiger partial charge in [0.05, 0.1) is 5.52 Å². The highest BCUT2D eigenvalue weighted by atomic mass is 19.1. The van der Waals surface area contributed by atoms with Crippen molar-refractivity contribution in [3.8, 4) is 11.1 Å². The first-order valence-corrected chi connectivity index (χ1v) is 6.34. The van der Waals surface area contributed by atoms with Crippen LogP contribution in [-0.2, 0) is 6.42 Å². The standard InChI is InChI=1S/C16H15FN2/c17-13-4-1-3-11(9-13)14-5-2-6-15-12(7-8-18)10-19-16(14)15/h1-6,9-10,19H,7-8,18H2. The molecule has 0 aliphatic carbocycles. The molecule has 0 saturated heterocycles. The highest BCUT2D eigenvalue weighted by Crippen LogP contribution is 2.30. The normalized spacial score (nSPS) is 11.1. The second kappa shape index (κ2) is 4.86. The fourth-order valence-electron chi connectivity index (χ4n) is 2.47. The van der Waals surface area contributed by atoms with Crippen LogP contribution in [0, 0.1) is 5.82 Å². The van der Waals surface area contributed by atoms with Gasteiger partial charge in [0.2, 0.25) is 0 Å². The largest absolute Gasteiger partial charge is 0.360 e. The maximum atomic E-state index is 13.4. The van der Waals surface area contributed by atoms with E-state index in [1.807, 2.05) is 24.4 Å². The molecule has 0 unspecified atom stereocenters. The number of halogens is 1. The van der Waals surface area contributed by atoms with Crippen LogP contribution >= 0.6 is 0 Å². The number of nitrogens with two attached hydrogens (primary N) is 1. The van der Waals surface area contributed by atoms with Crippen LogP contribution in [0.5, 0.6) is 0 Å². The van der Waals surface area contributed by atoms with E-state index >= 15 is 0 Å². The molecule has 1 heterocycles. The summed E-state index contributed by atoms with van der Waals surface area (Å²) in [6.45, 7) is 0.622. The molecule has 2 aromatic carbocycles. The van der Waals surface area contributed by atoms with Crippen molar-refractivity contribution in [3.05, 3.63) is 60.0 Å². The van der Waals surface area contributed by atoms with E-state index in [0.717, 1.165) is 28.5 Å². The second-order valence-corrected chi connectivity index (χ2v) is 4.59. The van der Waals surface area contributed by atoms with Gasteiger partial charge in [-0.25, -0.2) is 4.39 Å². The van der Waals surface area contributed by atoms with E-state index < -0.39 is 0 Å². The Morgan fingerprint density at radius 2 is 1.95 bits per heavy atom. The first kappa shape index (κ1) is 11.9. The fraction of sp³-hybridized carbons (Fsp3) is 0.125. The highest BCUT2D eigenvalue weighted by molar-refractivity contribution is 5.96. The van der Waals surface area contributed by atoms with E-state index in [-0.39, 0.29) is 5.82 Å². The summed E-state index contributed by atoms with van der Waals surface area (Å²) in [4.78, 5) is 3.28. The zero-order valence-electron chi connectivity index (χ0n) is 10.5. The van der Waals surface area contributed by atoms with Crippen LogP contribution in [0.3, 0.4) is 0 Å². The van der Waals surface area contributed by atoms with Crippen molar-refractivity contribution in [1.82, 2.24) is 4.98 Å². The Labute approximate surface area is 111 Å². The molecule has 0 aliphatic rings. The monoisotopic (exact) mass is 254 g/mol. The molecule has 2 nitrogen and oxygen atoms in total. The lowest BCUT2D eigenvalue weighted by atomic mass is 10.0. The lowest BCUT2D eigenvalue weighted by molar-refractivity contribution is 0.628. The first-order chi connectivity index (χ1) is 9.29. The summed E-state index contributed by atoms with van der Waals surface area (Å²) < 4.78 is 13.4. The van der Waals surface area contributed by atoms with Crippen LogP contribution in [0.1, 0.15) is 5.56 Å². The van der Waals surface area contributed by atoms with Crippen LogP contribution < -0.4 is 5.73 Å². The Balaban J connectivity index is 2.19. The number of hydrogen-bond donors (Lipinski definition) is 2. The van der Waals surface area contributed by atoms with Gasteiger partial charge in [-0.3, -0.25) is 0 Å². The van der Waals surface area contributed by atoms with Crippen LogP contribution in [0.4, 0.5) is 4.39 Å². The van der Waals surface area contributed by atoms with Gasteiger partial charge < -0.3 is 10.7 Å². The van der Waals surface area contributed by atoms with Gasteiger partial charge in [0.15, 0.2) is 0 Å². The molecule has 19 heavy (non-hydrogen) atoms. The number of rotatable bonds is 3. The molecular weight excluding hydrogens is 239 g/mol. The van der Waals surface area contributed by atoms with Crippen molar-refractivity contribution in [2.45, 2.75) is 6.42 Å². The number of H-pyrrole nitrogens is 1. The van der Waals surface area contributed by atoms with Gasteiger partial charge in [0.1, 0.15) is 5.82 Å². The number of nitrogens with one attached hydrogen (secondary N) is 1. The summed E-state index contributed by atoms with van der Waals surface area (Å²) in [7, 11) is 0. The van der Waals surface area contributed by atoms with Crippen molar-refractivity contribution >= 4 is 10.9 Å². The van der Waals surface area contributed by atoms with Crippen LogP contribution in [0.25, 0.3) is 22.0 Å². The summed E-state index contributed by atoms with van der Waals surface area (Å²) in [5, 5.41) is 1.16. The predicted octanol–water partition coefficient (Wildman–Crippen LogP) is 3.48. The van der Waals surface area contributed by atoms with E-state index in [9.17, 15) is 4.39 Å². The minimum absolute atomic E-state index is 0.219. The zero-order valence-corrected chi connectivity index (χ0v) is 10.5. The van der Waals surface area contributed by atoms with Gasteiger partial charge >= 0.3 is 0 Å². The summed E-state index contributed by atoms with van der Waals surface area (Å²) in [6.07, 6.45) is 2.83. The minimum Gasteiger partial charge on any atom is -0.360 e. The molecule has 0 fully saturated rings. The lowest BCUT2D eigenvalue weighted by Crippen LogP contribution is -2.01. The van der Waals surface area contributed by atoms with Crippen LogP contribution in [-0.4, -0.2) is 11.5 Å². The highest BCUT2D eigenvalue weighted by Gasteiger charge is 2.08. The van der Waals surface area contributed by atoms with Gasteiger partial charge in [-0.15, -0.1) is 0 Å². The molecule has 96 valence electrons. The molecule has 1 aromatic heterocycles. The first-order valence-electron chi connectivity index (χ1n) is 6.34. The molecule has 0 aliphatic heterocycles. The number of benzene rings is 2. The van der Waals surface area contributed by atoms with Crippen LogP contribution in [0.15, 0.2) is 48.7 Å². The molecule has 0 atom stereocenters. The van der Waals surface area contributed by atoms with Gasteiger partial charge in [-0.05, 0) is 36.2 Å². The van der Waals surface area contributed by atoms with E-state index in [4.69, 9.17) is 5.73 Å². The second-order valence-electron chi connectivity index (χ2n) is 4.59. The number of para-hydroxylation sites is 1. The maximum Gasteiger partial charge on any atom is 0.123 e. The lowest BCUT2D eigenvalue weighted by Gasteiger charge is -2.04. The Hall–Kier alpha value is -2.13. The summed E-state index contributed by atoms with van der Waals surface area (Å²) in [6, 6.07) is 12.7. The van der Waals surface area contributed by atoms with E-state index in [2.05, 4.69) is 11.1 Å². The van der Waals surface area contributed by atoms with Crippen molar-refractivity contribution < 1.29 is 4.39 Å². The Morgan fingerprint density at radius 3 is 2.74 bits per heavy atom. The third-order valence-corrected chi connectivity index (χ3v) is 3.35. The van der Waals surface area contributed by atoms with Gasteiger partial charge in [-0.2, -0.15) is 0 Å². The number of aromatic nitrogens is 1. The molecule has 3 rings (SSSR count). The average Bonchev–Trinajstić information content (AvgIpc) is 2.83. The van der Waals surface area contributed by atoms with E-state index in [1.54, 1.807) is 12.1 Å². The average molecular weight is 254 g/mol. The SMILES string of the molecule is NCCc1c[nH]c2c(-c3cccc(F)c3)cccc12. The zero-order chi connectivity index (χ0) is 13.2. The van der Waals surface area contributed by atoms with Gasteiger partial charge in [0.25, 0.3) is 0 Å². The Kier molecular flexibility index (Phi) is 3.05. The summed E-state index contributed by atoms with van der Waals surface area (Å²) in [5.41, 5.74) is 9.75.